The third-order valence-corrected chi connectivity index (χ3v) is 5.16. The molecular formula is C17H19N5O3S. The number of ether oxygens (including phenoxy) is 2. The minimum absolute atomic E-state index is 0.195. The first kappa shape index (κ1) is 17.0. The smallest absolute Gasteiger partial charge is 0.209 e. The lowest BCUT2D eigenvalue weighted by Gasteiger charge is -2.09. The first-order chi connectivity index (χ1) is 12.8. The van der Waals surface area contributed by atoms with E-state index in [0.717, 1.165) is 47.4 Å². The number of para-hydroxylation sites is 1. The molecule has 1 atom stereocenters. The molecule has 0 spiro atoms. The SMILES string of the molecule is COc1ccccc1-c1cc(CSc2nnnn2CC2CCCO2)on1. The monoisotopic (exact) mass is 373 g/mol. The first-order valence-corrected chi connectivity index (χ1v) is 9.41. The molecule has 26 heavy (non-hydrogen) atoms. The van der Waals surface area contributed by atoms with Gasteiger partial charge in [-0.3, -0.25) is 0 Å². The summed E-state index contributed by atoms with van der Waals surface area (Å²) in [7, 11) is 1.64. The second-order valence-corrected chi connectivity index (χ2v) is 6.89. The fraction of sp³-hybridized carbons (Fsp3) is 0.412. The van der Waals surface area contributed by atoms with E-state index in [-0.39, 0.29) is 6.10 Å². The number of benzene rings is 1. The highest BCUT2D eigenvalue weighted by atomic mass is 32.2. The van der Waals surface area contributed by atoms with Crippen molar-refractivity contribution in [2.24, 2.45) is 0 Å². The number of aromatic nitrogens is 5. The van der Waals surface area contributed by atoms with Gasteiger partial charge in [-0.15, -0.1) is 5.10 Å². The van der Waals surface area contributed by atoms with Crippen molar-refractivity contribution < 1.29 is 14.0 Å². The molecule has 0 aliphatic carbocycles. The van der Waals surface area contributed by atoms with Crippen LogP contribution in [0, 0.1) is 0 Å². The molecule has 1 fully saturated rings. The number of hydrogen-bond donors (Lipinski definition) is 0. The van der Waals surface area contributed by atoms with Gasteiger partial charge in [-0.25, -0.2) is 4.68 Å². The van der Waals surface area contributed by atoms with Gasteiger partial charge in [-0.1, -0.05) is 29.1 Å². The fourth-order valence-electron chi connectivity index (χ4n) is 2.90. The van der Waals surface area contributed by atoms with Gasteiger partial charge in [-0.2, -0.15) is 0 Å². The van der Waals surface area contributed by atoms with Gasteiger partial charge in [0.25, 0.3) is 0 Å². The van der Waals surface area contributed by atoms with Crippen LogP contribution in [0.5, 0.6) is 5.75 Å². The second-order valence-electron chi connectivity index (χ2n) is 5.95. The highest BCUT2D eigenvalue weighted by Crippen LogP contribution is 2.30. The predicted molar refractivity (Wildman–Crippen MR) is 94.8 cm³/mol. The molecule has 3 heterocycles. The highest BCUT2D eigenvalue weighted by molar-refractivity contribution is 7.98. The zero-order valence-corrected chi connectivity index (χ0v) is 15.2. The highest BCUT2D eigenvalue weighted by Gasteiger charge is 2.19. The summed E-state index contributed by atoms with van der Waals surface area (Å²) >= 11 is 1.51. The van der Waals surface area contributed by atoms with E-state index in [1.807, 2.05) is 30.3 Å². The van der Waals surface area contributed by atoms with E-state index in [1.165, 1.54) is 11.8 Å². The van der Waals surface area contributed by atoms with E-state index >= 15 is 0 Å². The summed E-state index contributed by atoms with van der Waals surface area (Å²) in [5.74, 6) is 2.11. The molecule has 0 radical (unpaired) electrons. The molecule has 2 aromatic heterocycles. The molecular weight excluding hydrogens is 354 g/mol. The molecule has 1 aliphatic rings. The average Bonchev–Trinajstić information content (AvgIpc) is 3.43. The van der Waals surface area contributed by atoms with Crippen molar-refractivity contribution in [3.05, 3.63) is 36.1 Å². The molecule has 1 aromatic carbocycles. The van der Waals surface area contributed by atoms with Crippen molar-refractivity contribution in [1.29, 1.82) is 0 Å². The molecule has 4 rings (SSSR count). The van der Waals surface area contributed by atoms with Crippen molar-refractivity contribution in [2.45, 2.75) is 36.4 Å². The van der Waals surface area contributed by atoms with Crippen LogP contribution >= 0.6 is 11.8 Å². The van der Waals surface area contributed by atoms with E-state index < -0.39 is 0 Å². The van der Waals surface area contributed by atoms with Crippen molar-refractivity contribution in [2.75, 3.05) is 13.7 Å². The summed E-state index contributed by atoms with van der Waals surface area (Å²) in [5.41, 5.74) is 1.65. The number of thioether (sulfide) groups is 1. The Morgan fingerprint density at radius 2 is 2.27 bits per heavy atom. The first-order valence-electron chi connectivity index (χ1n) is 8.43. The molecule has 0 amide bonds. The third-order valence-electron chi connectivity index (χ3n) is 4.19. The Morgan fingerprint density at radius 1 is 1.35 bits per heavy atom. The Balaban J connectivity index is 1.42. The number of tetrazole rings is 1. The molecule has 9 heteroatoms. The normalized spacial score (nSPS) is 16.9. The lowest BCUT2D eigenvalue weighted by atomic mass is 10.1. The summed E-state index contributed by atoms with van der Waals surface area (Å²) in [6, 6.07) is 9.64. The van der Waals surface area contributed by atoms with Crippen molar-refractivity contribution in [3.63, 3.8) is 0 Å². The van der Waals surface area contributed by atoms with Gasteiger partial charge in [0.05, 0.1) is 25.5 Å². The molecule has 1 unspecified atom stereocenters. The van der Waals surface area contributed by atoms with Gasteiger partial charge in [0.15, 0.2) is 0 Å². The average molecular weight is 373 g/mol. The molecule has 136 valence electrons. The molecule has 1 aliphatic heterocycles. The van der Waals surface area contributed by atoms with Crippen molar-refractivity contribution in [3.8, 4) is 17.0 Å². The number of nitrogens with zero attached hydrogens (tertiary/aromatic N) is 5. The summed E-state index contributed by atoms with van der Waals surface area (Å²) in [4.78, 5) is 0. The topological polar surface area (TPSA) is 88.1 Å². The quantitative estimate of drug-likeness (QED) is 0.584. The van der Waals surface area contributed by atoms with Gasteiger partial charge in [0.2, 0.25) is 5.16 Å². The van der Waals surface area contributed by atoms with Crippen LogP contribution in [-0.2, 0) is 17.0 Å². The standard InChI is InChI=1S/C17H19N5O3S/c1-23-16-7-3-2-6-14(16)15-9-13(25-19-15)11-26-17-18-20-21-22(17)10-12-5-4-8-24-12/h2-3,6-7,9,12H,4-5,8,10-11H2,1H3. The van der Waals surface area contributed by atoms with Crippen LogP contribution in [0.3, 0.4) is 0 Å². The minimum Gasteiger partial charge on any atom is -0.496 e. The number of methoxy groups -OCH3 is 1. The number of rotatable bonds is 7. The Bertz CT molecular complexity index is 859. The van der Waals surface area contributed by atoms with E-state index in [2.05, 4.69) is 20.7 Å². The second kappa shape index (κ2) is 7.88. The summed E-state index contributed by atoms with van der Waals surface area (Å²) in [5, 5.41) is 16.8. The summed E-state index contributed by atoms with van der Waals surface area (Å²) in [6.45, 7) is 1.50. The Kier molecular flexibility index (Phi) is 5.16. The maximum atomic E-state index is 5.65. The van der Waals surface area contributed by atoms with Crippen LogP contribution in [0.1, 0.15) is 18.6 Å². The molecule has 3 aromatic rings. The van der Waals surface area contributed by atoms with Gasteiger partial charge >= 0.3 is 0 Å². The molecule has 0 N–H and O–H groups in total. The van der Waals surface area contributed by atoms with Gasteiger partial charge in [-0.05, 0) is 35.4 Å². The maximum Gasteiger partial charge on any atom is 0.209 e. The van der Waals surface area contributed by atoms with Crippen LogP contribution in [0.15, 0.2) is 40.0 Å². The number of hydrogen-bond acceptors (Lipinski definition) is 8. The zero-order chi connectivity index (χ0) is 17.8. The van der Waals surface area contributed by atoms with Crippen molar-refractivity contribution >= 4 is 11.8 Å². The lowest BCUT2D eigenvalue weighted by molar-refractivity contribution is 0.0912. The summed E-state index contributed by atoms with van der Waals surface area (Å²) in [6.07, 6.45) is 2.34. The van der Waals surface area contributed by atoms with Crippen LogP contribution in [0.2, 0.25) is 0 Å². The van der Waals surface area contributed by atoms with Crippen LogP contribution < -0.4 is 4.74 Å². The largest absolute Gasteiger partial charge is 0.496 e. The van der Waals surface area contributed by atoms with Gasteiger partial charge in [0.1, 0.15) is 17.2 Å². The minimum atomic E-state index is 0.195. The van der Waals surface area contributed by atoms with E-state index in [4.69, 9.17) is 14.0 Å². The van der Waals surface area contributed by atoms with Crippen molar-refractivity contribution in [1.82, 2.24) is 25.4 Å². The molecule has 0 bridgehead atoms. The maximum absolute atomic E-state index is 5.65. The van der Waals surface area contributed by atoms with E-state index in [9.17, 15) is 0 Å². The molecule has 0 saturated carbocycles. The van der Waals surface area contributed by atoms with Crippen LogP contribution in [-0.4, -0.2) is 45.2 Å². The van der Waals surface area contributed by atoms with Gasteiger partial charge < -0.3 is 14.0 Å². The fourth-order valence-corrected chi connectivity index (χ4v) is 3.66. The Morgan fingerprint density at radius 3 is 3.12 bits per heavy atom. The van der Waals surface area contributed by atoms with E-state index in [1.54, 1.807) is 11.8 Å². The lowest BCUT2D eigenvalue weighted by Crippen LogP contribution is -2.16. The van der Waals surface area contributed by atoms with Crippen LogP contribution in [0.25, 0.3) is 11.3 Å². The zero-order valence-electron chi connectivity index (χ0n) is 14.4. The summed E-state index contributed by atoms with van der Waals surface area (Å²) < 4.78 is 18.3. The molecule has 8 nitrogen and oxygen atoms in total. The predicted octanol–water partition coefficient (Wildman–Crippen LogP) is 2.81. The van der Waals surface area contributed by atoms with Crippen LogP contribution in [0.4, 0.5) is 0 Å². The molecule has 1 saturated heterocycles. The van der Waals surface area contributed by atoms with Gasteiger partial charge in [0, 0.05) is 18.2 Å². The third kappa shape index (κ3) is 3.73. The Hall–Kier alpha value is -2.39. The van der Waals surface area contributed by atoms with E-state index in [0.29, 0.717) is 12.3 Å². The Labute approximate surface area is 154 Å².